The second kappa shape index (κ2) is 3.95. The molecule has 1 saturated heterocycles. The Balaban J connectivity index is 1.90. The van der Waals surface area contributed by atoms with Crippen LogP contribution < -0.4 is 5.32 Å². The third-order valence-electron chi connectivity index (χ3n) is 3.23. The molecule has 3 rings (SSSR count). The normalized spacial score (nSPS) is 21.2. The predicted octanol–water partition coefficient (Wildman–Crippen LogP) is 3.05. The molecule has 1 aliphatic rings. The molecule has 0 radical (unpaired) electrons. The lowest BCUT2D eigenvalue weighted by Crippen LogP contribution is -2.10. The van der Waals surface area contributed by atoms with Crippen LogP contribution in [0, 0.1) is 5.92 Å². The van der Waals surface area contributed by atoms with Gasteiger partial charge in [0.05, 0.1) is 0 Å². The van der Waals surface area contributed by atoms with Crippen molar-refractivity contribution in [3.05, 3.63) is 35.2 Å². The molecule has 1 atom stereocenters. The van der Waals surface area contributed by atoms with E-state index in [4.69, 9.17) is 0 Å². The van der Waals surface area contributed by atoms with Gasteiger partial charge >= 0.3 is 0 Å². The van der Waals surface area contributed by atoms with Crippen LogP contribution in [0.25, 0.3) is 10.1 Å². The summed E-state index contributed by atoms with van der Waals surface area (Å²) in [4.78, 5) is 0. The van der Waals surface area contributed by atoms with Gasteiger partial charge in [0.2, 0.25) is 0 Å². The maximum atomic E-state index is 3.44. The van der Waals surface area contributed by atoms with E-state index in [0.717, 1.165) is 5.92 Å². The van der Waals surface area contributed by atoms with Crippen LogP contribution in [0.1, 0.15) is 12.0 Å². The highest BCUT2D eigenvalue weighted by molar-refractivity contribution is 7.17. The van der Waals surface area contributed by atoms with Gasteiger partial charge in [-0.05, 0) is 54.2 Å². The fourth-order valence-corrected chi connectivity index (χ4v) is 3.37. The van der Waals surface area contributed by atoms with Crippen molar-refractivity contribution in [1.82, 2.24) is 5.32 Å². The van der Waals surface area contributed by atoms with Gasteiger partial charge in [0.1, 0.15) is 0 Å². The summed E-state index contributed by atoms with van der Waals surface area (Å²) in [6.07, 6.45) is 2.58. The summed E-state index contributed by atoms with van der Waals surface area (Å²) in [7, 11) is 0. The molecule has 1 aromatic heterocycles. The number of fused-ring (bicyclic) bond motifs is 1. The van der Waals surface area contributed by atoms with E-state index in [1.165, 1.54) is 36.0 Å². The van der Waals surface area contributed by atoms with E-state index in [-0.39, 0.29) is 0 Å². The van der Waals surface area contributed by atoms with Gasteiger partial charge in [0.15, 0.2) is 0 Å². The molecule has 1 unspecified atom stereocenters. The summed E-state index contributed by atoms with van der Waals surface area (Å²) >= 11 is 1.88. The second-order valence-electron chi connectivity index (χ2n) is 4.32. The Kier molecular flexibility index (Phi) is 2.47. The van der Waals surface area contributed by atoms with Gasteiger partial charge in [-0.25, -0.2) is 0 Å². The van der Waals surface area contributed by atoms with Crippen LogP contribution in [0.4, 0.5) is 0 Å². The molecule has 15 heavy (non-hydrogen) atoms. The molecule has 1 aromatic carbocycles. The van der Waals surface area contributed by atoms with Crippen molar-refractivity contribution in [3.8, 4) is 0 Å². The van der Waals surface area contributed by atoms with Crippen molar-refractivity contribution in [2.24, 2.45) is 5.92 Å². The molecule has 2 heteroatoms. The first kappa shape index (κ1) is 9.37. The SMILES string of the molecule is c1ccc2c(CC3CCNC3)csc2c1. The first-order chi connectivity index (χ1) is 7.43. The van der Waals surface area contributed by atoms with Gasteiger partial charge in [-0.15, -0.1) is 11.3 Å². The first-order valence-electron chi connectivity index (χ1n) is 5.59. The first-order valence-corrected chi connectivity index (χ1v) is 6.47. The Morgan fingerprint density at radius 2 is 2.27 bits per heavy atom. The summed E-state index contributed by atoms with van der Waals surface area (Å²) < 4.78 is 1.43. The molecule has 1 nitrogen and oxygen atoms in total. The number of benzene rings is 1. The maximum Gasteiger partial charge on any atom is 0.0345 e. The predicted molar refractivity (Wildman–Crippen MR) is 66.5 cm³/mol. The summed E-state index contributed by atoms with van der Waals surface area (Å²) in [6.45, 7) is 2.40. The number of hydrogen-bond donors (Lipinski definition) is 1. The lowest BCUT2D eigenvalue weighted by molar-refractivity contribution is 0.583. The summed E-state index contributed by atoms with van der Waals surface area (Å²) in [5.41, 5.74) is 1.55. The Hall–Kier alpha value is -0.860. The van der Waals surface area contributed by atoms with Gasteiger partial charge in [0.25, 0.3) is 0 Å². The van der Waals surface area contributed by atoms with E-state index in [9.17, 15) is 0 Å². The zero-order chi connectivity index (χ0) is 10.1. The van der Waals surface area contributed by atoms with Crippen LogP contribution in [0.15, 0.2) is 29.6 Å². The number of thiophene rings is 1. The minimum absolute atomic E-state index is 0.850. The second-order valence-corrected chi connectivity index (χ2v) is 5.23. The molecule has 0 bridgehead atoms. The minimum Gasteiger partial charge on any atom is -0.316 e. The van der Waals surface area contributed by atoms with Crippen molar-refractivity contribution in [1.29, 1.82) is 0 Å². The highest BCUT2D eigenvalue weighted by Gasteiger charge is 2.16. The van der Waals surface area contributed by atoms with Gasteiger partial charge in [-0.3, -0.25) is 0 Å². The number of nitrogens with one attached hydrogen (secondary N) is 1. The average molecular weight is 217 g/mol. The zero-order valence-corrected chi connectivity index (χ0v) is 9.52. The van der Waals surface area contributed by atoms with E-state index in [0.29, 0.717) is 0 Å². The van der Waals surface area contributed by atoms with E-state index >= 15 is 0 Å². The quantitative estimate of drug-likeness (QED) is 0.815. The zero-order valence-electron chi connectivity index (χ0n) is 8.70. The maximum absolute atomic E-state index is 3.44. The average Bonchev–Trinajstić information content (AvgIpc) is 2.89. The van der Waals surface area contributed by atoms with Crippen LogP contribution in [0.3, 0.4) is 0 Å². The van der Waals surface area contributed by atoms with E-state index < -0.39 is 0 Å². The largest absolute Gasteiger partial charge is 0.316 e. The molecular formula is C13H15NS. The molecule has 0 spiro atoms. The van der Waals surface area contributed by atoms with Crippen LogP contribution in [-0.4, -0.2) is 13.1 Å². The van der Waals surface area contributed by atoms with Crippen LogP contribution in [-0.2, 0) is 6.42 Å². The van der Waals surface area contributed by atoms with Crippen LogP contribution in [0.5, 0.6) is 0 Å². The van der Waals surface area contributed by atoms with E-state index in [2.05, 4.69) is 35.0 Å². The summed E-state index contributed by atoms with van der Waals surface area (Å²) in [6, 6.07) is 8.74. The van der Waals surface area contributed by atoms with Gasteiger partial charge in [-0.2, -0.15) is 0 Å². The van der Waals surface area contributed by atoms with Crippen LogP contribution in [0.2, 0.25) is 0 Å². The number of hydrogen-bond acceptors (Lipinski definition) is 2. The van der Waals surface area contributed by atoms with Gasteiger partial charge < -0.3 is 5.32 Å². The molecule has 0 amide bonds. The molecule has 0 aliphatic carbocycles. The van der Waals surface area contributed by atoms with E-state index in [1.54, 1.807) is 5.56 Å². The Morgan fingerprint density at radius 1 is 1.33 bits per heavy atom. The van der Waals surface area contributed by atoms with Crippen LogP contribution >= 0.6 is 11.3 Å². The summed E-state index contributed by atoms with van der Waals surface area (Å²) in [5.74, 6) is 0.850. The third-order valence-corrected chi connectivity index (χ3v) is 4.24. The molecule has 0 saturated carbocycles. The number of rotatable bonds is 2. The fourth-order valence-electron chi connectivity index (χ4n) is 2.39. The Bertz CT molecular complexity index is 454. The molecular weight excluding hydrogens is 202 g/mol. The van der Waals surface area contributed by atoms with Crippen molar-refractivity contribution < 1.29 is 0 Å². The van der Waals surface area contributed by atoms with Crippen molar-refractivity contribution in [2.75, 3.05) is 13.1 Å². The highest BCUT2D eigenvalue weighted by Crippen LogP contribution is 2.28. The van der Waals surface area contributed by atoms with Gasteiger partial charge in [0, 0.05) is 4.70 Å². The lowest BCUT2D eigenvalue weighted by Gasteiger charge is -2.06. The van der Waals surface area contributed by atoms with Gasteiger partial charge in [-0.1, -0.05) is 18.2 Å². The van der Waals surface area contributed by atoms with Crippen molar-refractivity contribution >= 4 is 21.4 Å². The highest BCUT2D eigenvalue weighted by atomic mass is 32.1. The molecule has 2 aromatic rings. The molecule has 1 aliphatic heterocycles. The van der Waals surface area contributed by atoms with E-state index in [1.807, 2.05) is 11.3 Å². The Morgan fingerprint density at radius 3 is 3.13 bits per heavy atom. The Labute approximate surface area is 94.1 Å². The molecule has 1 fully saturated rings. The monoisotopic (exact) mass is 217 g/mol. The lowest BCUT2D eigenvalue weighted by atomic mass is 9.98. The molecule has 78 valence electrons. The fraction of sp³-hybridized carbons (Fsp3) is 0.385. The standard InChI is InChI=1S/C13H15NS/c1-2-4-13-12(3-1)11(9-15-13)7-10-5-6-14-8-10/h1-4,9-10,14H,5-8H2. The molecule has 1 N–H and O–H groups in total. The smallest absolute Gasteiger partial charge is 0.0345 e. The summed E-state index contributed by atoms with van der Waals surface area (Å²) in [5, 5.41) is 7.24. The van der Waals surface area contributed by atoms with Crippen molar-refractivity contribution in [2.45, 2.75) is 12.8 Å². The molecule has 2 heterocycles. The van der Waals surface area contributed by atoms with Crippen molar-refractivity contribution in [3.63, 3.8) is 0 Å². The minimum atomic E-state index is 0.850. The third kappa shape index (κ3) is 1.80. The topological polar surface area (TPSA) is 12.0 Å².